The Labute approximate surface area is 101 Å². The number of benzene rings is 1. The van der Waals surface area contributed by atoms with Gasteiger partial charge in [0.15, 0.2) is 11.5 Å². The fourth-order valence-electron chi connectivity index (χ4n) is 1.41. The second-order valence-corrected chi connectivity index (χ2v) is 3.76. The number of amides is 1. The lowest BCUT2D eigenvalue weighted by molar-refractivity contribution is -0.0462. The molecule has 0 bridgehead atoms. The summed E-state index contributed by atoms with van der Waals surface area (Å²) in [6.07, 6.45) is 0. The highest BCUT2D eigenvalue weighted by Gasteiger charge is 2.28. The molecule has 0 fully saturated rings. The third-order valence-electron chi connectivity index (χ3n) is 2.37. The average molecular weight is 259 g/mol. The third-order valence-corrected chi connectivity index (χ3v) is 2.37. The van der Waals surface area contributed by atoms with E-state index in [-0.39, 0.29) is 12.4 Å². The molecule has 2 rings (SSSR count). The molecule has 18 heavy (non-hydrogen) atoms. The standard InChI is InChI=1S/C11H11F2NO4/c12-11(13,5-15)4-14-10(16)7-1-2-8-9(3-7)18-6-17-8/h1-3,15H,4-6H2,(H,14,16). The summed E-state index contributed by atoms with van der Waals surface area (Å²) in [5.41, 5.74) is 0.188. The molecule has 0 atom stereocenters. The van der Waals surface area contributed by atoms with Gasteiger partial charge in [0.2, 0.25) is 6.79 Å². The number of hydrogen-bond acceptors (Lipinski definition) is 4. The highest BCUT2D eigenvalue weighted by Crippen LogP contribution is 2.32. The molecule has 1 aliphatic heterocycles. The molecule has 1 aromatic rings. The number of ether oxygens (including phenoxy) is 2. The number of carbonyl (C=O) groups excluding carboxylic acids is 1. The van der Waals surface area contributed by atoms with Crippen molar-refractivity contribution < 1.29 is 28.2 Å². The van der Waals surface area contributed by atoms with Crippen molar-refractivity contribution in [3.63, 3.8) is 0 Å². The zero-order valence-electron chi connectivity index (χ0n) is 9.28. The molecule has 2 N–H and O–H groups in total. The monoisotopic (exact) mass is 259 g/mol. The molecule has 0 saturated heterocycles. The zero-order chi connectivity index (χ0) is 13.2. The molecule has 5 nitrogen and oxygen atoms in total. The Morgan fingerprint density at radius 3 is 2.83 bits per heavy atom. The van der Waals surface area contributed by atoms with Gasteiger partial charge in [-0.25, -0.2) is 8.78 Å². The normalized spacial score (nSPS) is 13.5. The van der Waals surface area contributed by atoms with E-state index in [1.165, 1.54) is 18.2 Å². The van der Waals surface area contributed by atoms with Crippen LogP contribution < -0.4 is 14.8 Å². The van der Waals surface area contributed by atoms with E-state index >= 15 is 0 Å². The summed E-state index contributed by atoms with van der Waals surface area (Å²) in [6.45, 7) is -2.16. The number of hydrogen-bond donors (Lipinski definition) is 2. The molecule has 98 valence electrons. The molecule has 1 aliphatic rings. The van der Waals surface area contributed by atoms with Crippen LogP contribution >= 0.6 is 0 Å². The highest BCUT2D eigenvalue weighted by molar-refractivity contribution is 5.94. The number of fused-ring (bicyclic) bond motifs is 1. The van der Waals surface area contributed by atoms with Gasteiger partial charge in [0, 0.05) is 5.56 Å². The fraction of sp³-hybridized carbons (Fsp3) is 0.364. The topological polar surface area (TPSA) is 67.8 Å². The lowest BCUT2D eigenvalue weighted by Gasteiger charge is -2.13. The first-order valence-corrected chi connectivity index (χ1v) is 5.18. The van der Waals surface area contributed by atoms with E-state index in [1.54, 1.807) is 0 Å². The molecule has 0 aliphatic carbocycles. The Bertz CT molecular complexity index is 464. The summed E-state index contributed by atoms with van der Waals surface area (Å²) >= 11 is 0. The predicted octanol–water partition coefficient (Wildman–Crippen LogP) is 0.773. The van der Waals surface area contributed by atoms with Gasteiger partial charge in [0.1, 0.15) is 6.61 Å². The number of aliphatic hydroxyl groups is 1. The molecule has 7 heteroatoms. The average Bonchev–Trinajstić information content (AvgIpc) is 2.83. The van der Waals surface area contributed by atoms with Crippen LogP contribution in [0.25, 0.3) is 0 Å². The molecular weight excluding hydrogens is 248 g/mol. The Balaban J connectivity index is 2.01. The first-order chi connectivity index (χ1) is 8.52. The third kappa shape index (κ3) is 2.67. The van der Waals surface area contributed by atoms with Crippen molar-refractivity contribution in [1.82, 2.24) is 5.32 Å². The lowest BCUT2D eigenvalue weighted by Crippen LogP contribution is -2.38. The largest absolute Gasteiger partial charge is 0.454 e. The van der Waals surface area contributed by atoms with E-state index in [2.05, 4.69) is 0 Å². The molecular formula is C11H11F2NO4. The number of nitrogens with one attached hydrogen (secondary N) is 1. The first-order valence-electron chi connectivity index (χ1n) is 5.18. The van der Waals surface area contributed by atoms with Crippen LogP contribution in [-0.2, 0) is 0 Å². The first kappa shape index (κ1) is 12.6. The van der Waals surface area contributed by atoms with Crippen molar-refractivity contribution in [1.29, 1.82) is 0 Å². The van der Waals surface area contributed by atoms with Crippen molar-refractivity contribution in [2.45, 2.75) is 5.92 Å². The number of alkyl halides is 2. The quantitative estimate of drug-likeness (QED) is 0.838. The van der Waals surface area contributed by atoms with E-state index < -0.39 is 25.0 Å². The molecule has 0 aromatic heterocycles. The fourth-order valence-corrected chi connectivity index (χ4v) is 1.41. The molecule has 0 unspecified atom stereocenters. The number of aliphatic hydroxyl groups excluding tert-OH is 1. The van der Waals surface area contributed by atoms with Crippen LogP contribution in [-0.4, -0.2) is 36.9 Å². The Morgan fingerprint density at radius 1 is 1.39 bits per heavy atom. The number of halogens is 2. The van der Waals surface area contributed by atoms with Gasteiger partial charge >= 0.3 is 0 Å². The maximum Gasteiger partial charge on any atom is 0.287 e. The molecule has 1 heterocycles. The van der Waals surface area contributed by atoms with Crippen molar-refractivity contribution in [3.8, 4) is 11.5 Å². The minimum absolute atomic E-state index is 0.0724. The second-order valence-electron chi connectivity index (χ2n) is 3.76. The van der Waals surface area contributed by atoms with Crippen molar-refractivity contribution >= 4 is 5.91 Å². The summed E-state index contributed by atoms with van der Waals surface area (Å²) in [4.78, 5) is 11.6. The van der Waals surface area contributed by atoms with Crippen LogP contribution in [0.3, 0.4) is 0 Å². The van der Waals surface area contributed by atoms with Crippen molar-refractivity contribution in [2.24, 2.45) is 0 Å². The van der Waals surface area contributed by atoms with Crippen LogP contribution in [0.1, 0.15) is 10.4 Å². The minimum Gasteiger partial charge on any atom is -0.454 e. The molecule has 0 radical (unpaired) electrons. The van der Waals surface area contributed by atoms with E-state index in [0.717, 1.165) is 0 Å². The van der Waals surface area contributed by atoms with Crippen LogP contribution in [0.4, 0.5) is 8.78 Å². The number of carbonyl (C=O) groups is 1. The second kappa shape index (κ2) is 4.77. The SMILES string of the molecule is O=C(NCC(F)(F)CO)c1ccc2c(c1)OCO2. The van der Waals surface area contributed by atoms with E-state index in [9.17, 15) is 13.6 Å². The van der Waals surface area contributed by atoms with E-state index in [0.29, 0.717) is 11.5 Å². The molecule has 1 amide bonds. The van der Waals surface area contributed by atoms with E-state index in [1.807, 2.05) is 5.32 Å². The van der Waals surface area contributed by atoms with Gasteiger partial charge in [-0.3, -0.25) is 4.79 Å². The smallest absolute Gasteiger partial charge is 0.287 e. The predicted molar refractivity (Wildman–Crippen MR) is 56.9 cm³/mol. The summed E-state index contributed by atoms with van der Waals surface area (Å²) in [5, 5.41) is 10.4. The van der Waals surface area contributed by atoms with Crippen molar-refractivity contribution in [2.75, 3.05) is 19.9 Å². The van der Waals surface area contributed by atoms with Crippen LogP contribution in [0, 0.1) is 0 Å². The van der Waals surface area contributed by atoms with Crippen LogP contribution in [0.2, 0.25) is 0 Å². The summed E-state index contributed by atoms with van der Waals surface area (Å²) in [5.74, 6) is -3.09. The maximum absolute atomic E-state index is 12.7. The minimum atomic E-state index is -3.33. The van der Waals surface area contributed by atoms with Crippen LogP contribution in [0.5, 0.6) is 11.5 Å². The molecule has 1 aromatic carbocycles. The maximum atomic E-state index is 12.7. The molecule has 0 spiro atoms. The van der Waals surface area contributed by atoms with Gasteiger partial charge in [-0.1, -0.05) is 0 Å². The zero-order valence-corrected chi connectivity index (χ0v) is 9.28. The van der Waals surface area contributed by atoms with Gasteiger partial charge in [-0.2, -0.15) is 0 Å². The number of rotatable bonds is 4. The van der Waals surface area contributed by atoms with Gasteiger partial charge in [-0.05, 0) is 18.2 Å². The summed E-state index contributed by atoms with van der Waals surface area (Å²) in [6, 6.07) is 4.39. The van der Waals surface area contributed by atoms with Gasteiger partial charge in [0.25, 0.3) is 11.8 Å². The van der Waals surface area contributed by atoms with Gasteiger partial charge < -0.3 is 19.9 Å². The highest BCUT2D eigenvalue weighted by atomic mass is 19.3. The Morgan fingerprint density at radius 2 is 2.11 bits per heavy atom. The summed E-state index contributed by atoms with van der Waals surface area (Å²) < 4.78 is 35.6. The molecule has 0 saturated carbocycles. The van der Waals surface area contributed by atoms with Gasteiger partial charge in [0.05, 0.1) is 6.54 Å². The lowest BCUT2D eigenvalue weighted by atomic mass is 10.2. The van der Waals surface area contributed by atoms with Crippen molar-refractivity contribution in [3.05, 3.63) is 23.8 Å². The van der Waals surface area contributed by atoms with E-state index in [4.69, 9.17) is 14.6 Å². The Kier molecular flexibility index (Phi) is 3.33. The Hall–Kier alpha value is -1.89. The summed E-state index contributed by atoms with van der Waals surface area (Å²) in [7, 11) is 0. The van der Waals surface area contributed by atoms with Gasteiger partial charge in [-0.15, -0.1) is 0 Å². The van der Waals surface area contributed by atoms with Crippen LogP contribution in [0.15, 0.2) is 18.2 Å².